The third kappa shape index (κ3) is 3.06. The maximum absolute atomic E-state index is 13.0. The van der Waals surface area contributed by atoms with Gasteiger partial charge in [0.2, 0.25) is 10.0 Å². The Balaban J connectivity index is 1.59. The quantitative estimate of drug-likeness (QED) is 0.636. The van der Waals surface area contributed by atoms with Crippen LogP contribution in [0.4, 0.5) is 4.39 Å². The normalized spacial score (nSPS) is 19.6. The van der Waals surface area contributed by atoms with Crippen molar-refractivity contribution in [3.63, 3.8) is 0 Å². The molecule has 0 spiro atoms. The molecule has 1 aromatic heterocycles. The van der Waals surface area contributed by atoms with Crippen LogP contribution in [0.5, 0.6) is 0 Å². The van der Waals surface area contributed by atoms with Crippen molar-refractivity contribution in [1.82, 2.24) is 14.7 Å². The molecule has 0 saturated heterocycles. The molecule has 0 aliphatic heterocycles. The van der Waals surface area contributed by atoms with Gasteiger partial charge in [-0.25, -0.2) is 22.3 Å². The minimum absolute atomic E-state index is 0.00871. The van der Waals surface area contributed by atoms with Gasteiger partial charge in [-0.05, 0) is 42.3 Å². The van der Waals surface area contributed by atoms with E-state index in [0.29, 0.717) is 6.42 Å². The first-order valence-electron chi connectivity index (χ1n) is 7.88. The van der Waals surface area contributed by atoms with Gasteiger partial charge >= 0.3 is 5.69 Å². The average molecular weight is 375 g/mol. The third-order valence-electron chi connectivity index (χ3n) is 4.42. The molecule has 4 rings (SSSR count). The molecule has 7 nitrogen and oxygen atoms in total. The Labute approximate surface area is 146 Å². The Morgan fingerprint density at radius 2 is 1.77 bits per heavy atom. The summed E-state index contributed by atoms with van der Waals surface area (Å²) in [5, 5.41) is 0.0818. The first-order chi connectivity index (χ1) is 12.3. The van der Waals surface area contributed by atoms with Gasteiger partial charge in [0, 0.05) is 12.0 Å². The van der Waals surface area contributed by atoms with Crippen molar-refractivity contribution in [1.29, 1.82) is 0 Å². The van der Waals surface area contributed by atoms with Gasteiger partial charge in [0.15, 0.2) is 0 Å². The van der Waals surface area contributed by atoms with Gasteiger partial charge in [0.05, 0.1) is 15.8 Å². The van der Waals surface area contributed by atoms with E-state index in [-0.39, 0.29) is 33.6 Å². The molecule has 1 aliphatic rings. The largest absolute Gasteiger partial charge is 0.326 e. The number of aromatic nitrogens is 2. The van der Waals surface area contributed by atoms with E-state index >= 15 is 0 Å². The Morgan fingerprint density at radius 1 is 1.04 bits per heavy atom. The van der Waals surface area contributed by atoms with E-state index in [1.165, 1.54) is 30.3 Å². The molecule has 0 unspecified atom stereocenters. The van der Waals surface area contributed by atoms with Gasteiger partial charge in [-0.1, -0.05) is 12.1 Å². The fraction of sp³-hybridized carbons (Fsp3) is 0.176. The number of rotatable bonds is 4. The highest BCUT2D eigenvalue weighted by Gasteiger charge is 2.41. The number of sulfonamides is 1. The van der Waals surface area contributed by atoms with Crippen LogP contribution in [0, 0.1) is 5.82 Å². The van der Waals surface area contributed by atoms with E-state index < -0.39 is 21.3 Å². The molecule has 0 bridgehead atoms. The molecule has 26 heavy (non-hydrogen) atoms. The lowest BCUT2D eigenvalue weighted by Crippen LogP contribution is -2.27. The first kappa shape index (κ1) is 16.7. The molecule has 0 radical (unpaired) electrons. The van der Waals surface area contributed by atoms with E-state index in [0.717, 1.165) is 5.56 Å². The van der Waals surface area contributed by atoms with Gasteiger partial charge in [0.1, 0.15) is 5.82 Å². The zero-order valence-electron chi connectivity index (χ0n) is 13.3. The topological polar surface area (TPSA) is 112 Å². The summed E-state index contributed by atoms with van der Waals surface area (Å²) >= 11 is 0. The molecule has 3 aromatic rings. The molecular weight excluding hydrogens is 361 g/mol. The number of nitrogens with one attached hydrogen (secondary N) is 3. The number of halogens is 1. The molecule has 9 heteroatoms. The summed E-state index contributed by atoms with van der Waals surface area (Å²) in [5.74, 6) is -0.350. The predicted molar refractivity (Wildman–Crippen MR) is 93.1 cm³/mol. The zero-order valence-corrected chi connectivity index (χ0v) is 14.1. The summed E-state index contributed by atoms with van der Waals surface area (Å²) < 4.78 is 40.7. The predicted octanol–water partition coefficient (Wildman–Crippen LogP) is 1.19. The third-order valence-corrected chi connectivity index (χ3v) is 5.90. The monoisotopic (exact) mass is 375 g/mol. The van der Waals surface area contributed by atoms with Crippen LogP contribution in [0.3, 0.4) is 0 Å². The van der Waals surface area contributed by atoms with Crippen LogP contribution < -0.4 is 16.0 Å². The molecule has 2 atom stereocenters. The van der Waals surface area contributed by atoms with E-state index in [4.69, 9.17) is 0 Å². The van der Waals surface area contributed by atoms with Crippen LogP contribution in [0.15, 0.2) is 56.9 Å². The average Bonchev–Trinajstić information content (AvgIpc) is 3.33. The molecule has 1 heterocycles. The highest BCUT2D eigenvalue weighted by molar-refractivity contribution is 7.89. The molecule has 134 valence electrons. The van der Waals surface area contributed by atoms with Crippen molar-refractivity contribution in [3.8, 4) is 0 Å². The lowest BCUT2D eigenvalue weighted by molar-refractivity contribution is 0.580. The second kappa shape index (κ2) is 5.89. The van der Waals surface area contributed by atoms with Crippen LogP contribution in [0.25, 0.3) is 10.9 Å². The molecule has 1 fully saturated rings. The first-order valence-corrected chi connectivity index (χ1v) is 9.36. The van der Waals surface area contributed by atoms with E-state index in [2.05, 4.69) is 14.7 Å². The van der Waals surface area contributed by atoms with Gasteiger partial charge in [0.25, 0.3) is 5.56 Å². The molecule has 1 saturated carbocycles. The van der Waals surface area contributed by atoms with Crippen molar-refractivity contribution in [3.05, 3.63) is 74.7 Å². The molecular formula is C17H14FN3O4S. The smallest absolute Gasteiger partial charge is 0.307 e. The van der Waals surface area contributed by atoms with Crippen LogP contribution in [-0.4, -0.2) is 24.4 Å². The number of benzene rings is 2. The summed E-state index contributed by atoms with van der Waals surface area (Å²) in [7, 11) is -3.83. The van der Waals surface area contributed by atoms with Crippen LogP contribution in [0.1, 0.15) is 17.9 Å². The maximum Gasteiger partial charge on any atom is 0.326 e. The van der Waals surface area contributed by atoms with Gasteiger partial charge < -0.3 is 4.98 Å². The summed E-state index contributed by atoms with van der Waals surface area (Å²) in [5.41, 5.74) is -0.187. The molecule has 2 aromatic carbocycles. The Kier molecular flexibility index (Phi) is 3.78. The van der Waals surface area contributed by atoms with Crippen LogP contribution in [-0.2, 0) is 10.0 Å². The highest BCUT2D eigenvalue weighted by Crippen LogP contribution is 2.41. The van der Waals surface area contributed by atoms with E-state index in [1.54, 1.807) is 12.1 Å². The molecule has 0 amide bonds. The van der Waals surface area contributed by atoms with Gasteiger partial charge in [-0.2, -0.15) is 0 Å². The Hall–Kier alpha value is -2.78. The minimum Gasteiger partial charge on any atom is -0.307 e. The zero-order chi connectivity index (χ0) is 18.5. The lowest BCUT2D eigenvalue weighted by atomic mass is 10.1. The second-order valence-corrected chi connectivity index (χ2v) is 7.95. The molecule has 3 N–H and O–H groups in total. The maximum atomic E-state index is 13.0. The molecule has 1 aliphatic carbocycles. The van der Waals surface area contributed by atoms with Gasteiger partial charge in [-0.3, -0.25) is 9.78 Å². The van der Waals surface area contributed by atoms with Crippen molar-refractivity contribution in [2.75, 3.05) is 0 Å². The van der Waals surface area contributed by atoms with Crippen molar-refractivity contribution in [2.24, 2.45) is 0 Å². The van der Waals surface area contributed by atoms with E-state index in [9.17, 15) is 22.4 Å². The minimum atomic E-state index is -3.83. The number of hydrogen-bond donors (Lipinski definition) is 3. The standard InChI is InChI=1S/C17H14FN3O4S/c18-10-3-1-9(2-4-10)12-8-15(12)21-26(24,25)11-5-6-14-13(7-11)16(22)20-17(23)19-14/h1-7,12,15,21H,8H2,(H2,19,20,22,23)/t12-,15+/m0/s1. The number of H-pyrrole nitrogens is 2. The Bertz CT molecular complexity index is 1220. The summed E-state index contributed by atoms with van der Waals surface area (Å²) in [6.07, 6.45) is 0.617. The van der Waals surface area contributed by atoms with Gasteiger partial charge in [-0.15, -0.1) is 0 Å². The fourth-order valence-corrected chi connectivity index (χ4v) is 4.30. The lowest BCUT2D eigenvalue weighted by Gasteiger charge is -2.07. The summed E-state index contributed by atoms with van der Waals surface area (Å²) in [6, 6.07) is 9.61. The summed E-state index contributed by atoms with van der Waals surface area (Å²) in [4.78, 5) is 27.6. The van der Waals surface area contributed by atoms with Crippen LogP contribution in [0.2, 0.25) is 0 Å². The van der Waals surface area contributed by atoms with E-state index in [1.807, 2.05) is 0 Å². The highest BCUT2D eigenvalue weighted by atomic mass is 32.2. The van der Waals surface area contributed by atoms with Crippen molar-refractivity contribution in [2.45, 2.75) is 23.3 Å². The second-order valence-electron chi connectivity index (χ2n) is 6.24. The van der Waals surface area contributed by atoms with Crippen LogP contribution >= 0.6 is 0 Å². The SMILES string of the molecule is O=c1[nH]c(=O)c2cc(S(=O)(=O)N[C@@H]3C[C@H]3c3ccc(F)cc3)ccc2[nH]1. The summed E-state index contributed by atoms with van der Waals surface area (Å²) in [6.45, 7) is 0. The Morgan fingerprint density at radius 3 is 2.50 bits per heavy atom. The number of aromatic amines is 2. The number of fused-ring (bicyclic) bond motifs is 1. The van der Waals surface area contributed by atoms with Crippen molar-refractivity contribution >= 4 is 20.9 Å². The fourth-order valence-electron chi connectivity index (χ4n) is 2.98. The van der Waals surface area contributed by atoms with Crippen molar-refractivity contribution < 1.29 is 12.8 Å². The number of hydrogen-bond acceptors (Lipinski definition) is 4.